The Labute approximate surface area is 88.8 Å². The van der Waals surface area contributed by atoms with Crippen molar-refractivity contribution in [1.82, 2.24) is 4.98 Å². The maximum absolute atomic E-state index is 4.52. The normalized spacial score (nSPS) is 11.4. The van der Waals surface area contributed by atoms with Gasteiger partial charge in [-0.05, 0) is 31.4 Å². The Hall–Kier alpha value is -0.890. The van der Waals surface area contributed by atoms with Crippen LogP contribution < -0.4 is 0 Å². The zero-order chi connectivity index (χ0) is 10.1. The van der Waals surface area contributed by atoms with Crippen LogP contribution in [0.2, 0.25) is 0 Å². The average Bonchev–Trinajstić information content (AvgIpc) is 2.44. The molecular weight excluding hydrogens is 190 g/mol. The molecule has 1 nitrogen and oxygen atoms in total. The maximum atomic E-state index is 4.52. The fourth-order valence-corrected chi connectivity index (χ4v) is 2.85. The van der Waals surface area contributed by atoms with Crippen molar-refractivity contribution in [2.24, 2.45) is 5.92 Å². The summed E-state index contributed by atoms with van der Waals surface area (Å²) in [6, 6.07) is 6.51. The zero-order valence-electron chi connectivity index (χ0n) is 8.87. The van der Waals surface area contributed by atoms with Crippen LogP contribution in [0.25, 0.3) is 10.2 Å². The van der Waals surface area contributed by atoms with Gasteiger partial charge in [0.25, 0.3) is 0 Å². The van der Waals surface area contributed by atoms with Crippen LogP contribution in [0, 0.1) is 12.8 Å². The molecule has 2 heterocycles. The molecule has 2 rings (SSSR count). The number of hydrogen-bond donors (Lipinski definition) is 0. The Balaban J connectivity index is 2.41. The van der Waals surface area contributed by atoms with E-state index in [-0.39, 0.29) is 0 Å². The summed E-state index contributed by atoms with van der Waals surface area (Å²) in [5, 5.41) is 1.29. The number of nitrogens with zero attached hydrogens (tertiary/aromatic N) is 1. The van der Waals surface area contributed by atoms with Gasteiger partial charge in [-0.1, -0.05) is 19.9 Å². The minimum absolute atomic E-state index is 0.726. The van der Waals surface area contributed by atoms with E-state index in [0.717, 1.165) is 11.6 Å². The first-order chi connectivity index (χ1) is 6.65. The molecule has 0 fully saturated rings. The van der Waals surface area contributed by atoms with E-state index < -0.39 is 0 Å². The molecule has 0 aliphatic rings. The number of hydrogen-bond acceptors (Lipinski definition) is 2. The molecule has 0 unspecified atom stereocenters. The van der Waals surface area contributed by atoms with Crippen LogP contribution in [-0.2, 0) is 6.42 Å². The topological polar surface area (TPSA) is 12.9 Å². The first kappa shape index (κ1) is 9.66. The van der Waals surface area contributed by atoms with Crippen molar-refractivity contribution < 1.29 is 0 Å². The second kappa shape index (κ2) is 3.70. The third-order valence-electron chi connectivity index (χ3n) is 2.18. The molecule has 0 spiro atoms. The average molecular weight is 205 g/mol. The van der Waals surface area contributed by atoms with Gasteiger partial charge in [-0.3, -0.25) is 0 Å². The second-order valence-electron chi connectivity index (χ2n) is 4.16. The molecule has 0 bridgehead atoms. The molecule has 0 aliphatic carbocycles. The molecule has 74 valence electrons. The van der Waals surface area contributed by atoms with Gasteiger partial charge in [0.15, 0.2) is 0 Å². The molecule has 0 N–H and O–H groups in total. The lowest BCUT2D eigenvalue weighted by Gasteiger charge is -1.98. The van der Waals surface area contributed by atoms with Crippen LogP contribution in [0.3, 0.4) is 0 Å². The highest BCUT2D eigenvalue weighted by Crippen LogP contribution is 2.25. The van der Waals surface area contributed by atoms with Crippen molar-refractivity contribution in [3.8, 4) is 0 Å². The first-order valence-corrected chi connectivity index (χ1v) is 5.83. The second-order valence-corrected chi connectivity index (χ2v) is 5.27. The van der Waals surface area contributed by atoms with Crippen molar-refractivity contribution in [3.05, 3.63) is 28.8 Å². The van der Waals surface area contributed by atoms with Crippen molar-refractivity contribution in [3.63, 3.8) is 0 Å². The summed E-state index contributed by atoms with van der Waals surface area (Å²) in [6.45, 7) is 6.55. The molecule has 2 heteroatoms. The molecule has 2 aromatic rings. The van der Waals surface area contributed by atoms with E-state index >= 15 is 0 Å². The Bertz CT molecular complexity index is 443. The molecular formula is C12H15NS. The van der Waals surface area contributed by atoms with E-state index in [1.165, 1.54) is 21.5 Å². The van der Waals surface area contributed by atoms with Crippen LogP contribution in [-0.4, -0.2) is 4.98 Å². The Morgan fingerprint density at radius 2 is 2.14 bits per heavy atom. The third-order valence-corrected chi connectivity index (χ3v) is 3.25. The molecule has 0 saturated carbocycles. The van der Waals surface area contributed by atoms with Crippen molar-refractivity contribution >= 4 is 21.6 Å². The number of aromatic nitrogens is 1. The molecule has 0 atom stereocenters. The van der Waals surface area contributed by atoms with Crippen LogP contribution in [0.5, 0.6) is 0 Å². The highest BCUT2D eigenvalue weighted by molar-refractivity contribution is 7.18. The lowest BCUT2D eigenvalue weighted by atomic mass is 10.1. The van der Waals surface area contributed by atoms with E-state index in [0.29, 0.717) is 0 Å². The fraction of sp³-hybridized carbons (Fsp3) is 0.417. The van der Waals surface area contributed by atoms with Gasteiger partial charge in [-0.2, -0.15) is 0 Å². The number of rotatable bonds is 2. The summed E-state index contributed by atoms with van der Waals surface area (Å²) in [4.78, 5) is 7.16. The molecule has 0 aliphatic heterocycles. The summed E-state index contributed by atoms with van der Waals surface area (Å²) in [6.07, 6.45) is 1.17. The van der Waals surface area contributed by atoms with Gasteiger partial charge in [-0.15, -0.1) is 11.3 Å². The SMILES string of the molecule is Cc1ccc2cc(CC(C)C)sc2n1. The van der Waals surface area contributed by atoms with Crippen LogP contribution >= 0.6 is 11.3 Å². The van der Waals surface area contributed by atoms with Crippen LogP contribution in [0.15, 0.2) is 18.2 Å². The highest BCUT2D eigenvalue weighted by Gasteiger charge is 2.04. The Morgan fingerprint density at radius 1 is 1.36 bits per heavy atom. The smallest absolute Gasteiger partial charge is 0.123 e. The van der Waals surface area contributed by atoms with Crippen LogP contribution in [0.1, 0.15) is 24.4 Å². The van der Waals surface area contributed by atoms with Gasteiger partial charge >= 0.3 is 0 Å². The summed E-state index contributed by atoms with van der Waals surface area (Å²) in [7, 11) is 0. The summed E-state index contributed by atoms with van der Waals surface area (Å²) >= 11 is 1.83. The number of pyridine rings is 1. The van der Waals surface area contributed by atoms with Gasteiger partial charge in [0, 0.05) is 16.0 Å². The standard InChI is InChI=1S/C12H15NS/c1-8(2)6-11-7-10-5-4-9(3)13-12(10)14-11/h4-5,7-8H,6H2,1-3H3. The highest BCUT2D eigenvalue weighted by atomic mass is 32.1. The lowest BCUT2D eigenvalue weighted by Crippen LogP contribution is -1.89. The predicted octanol–water partition coefficient (Wildman–Crippen LogP) is 3.80. The van der Waals surface area contributed by atoms with Crippen molar-refractivity contribution in [1.29, 1.82) is 0 Å². The number of aryl methyl sites for hydroxylation is 1. The number of fused-ring (bicyclic) bond motifs is 1. The minimum Gasteiger partial charge on any atom is -0.242 e. The van der Waals surface area contributed by atoms with Gasteiger partial charge in [0.2, 0.25) is 0 Å². The molecule has 0 aromatic carbocycles. The monoisotopic (exact) mass is 205 g/mol. The first-order valence-electron chi connectivity index (χ1n) is 5.01. The summed E-state index contributed by atoms with van der Waals surface area (Å²) < 4.78 is 0. The molecule has 0 saturated heterocycles. The summed E-state index contributed by atoms with van der Waals surface area (Å²) in [5.74, 6) is 0.726. The maximum Gasteiger partial charge on any atom is 0.123 e. The molecule has 0 radical (unpaired) electrons. The zero-order valence-corrected chi connectivity index (χ0v) is 9.69. The molecule has 0 amide bonds. The molecule has 14 heavy (non-hydrogen) atoms. The Morgan fingerprint density at radius 3 is 2.86 bits per heavy atom. The van der Waals surface area contributed by atoms with Gasteiger partial charge in [-0.25, -0.2) is 4.98 Å². The van der Waals surface area contributed by atoms with E-state index in [9.17, 15) is 0 Å². The number of thiophene rings is 1. The quantitative estimate of drug-likeness (QED) is 0.726. The van der Waals surface area contributed by atoms with Crippen molar-refractivity contribution in [2.75, 3.05) is 0 Å². The Kier molecular flexibility index (Phi) is 2.55. The van der Waals surface area contributed by atoms with Crippen molar-refractivity contribution in [2.45, 2.75) is 27.2 Å². The predicted molar refractivity (Wildman–Crippen MR) is 62.9 cm³/mol. The van der Waals surface area contributed by atoms with E-state index in [4.69, 9.17) is 0 Å². The van der Waals surface area contributed by atoms with E-state index in [1.54, 1.807) is 0 Å². The van der Waals surface area contributed by atoms with E-state index in [2.05, 4.69) is 37.0 Å². The fourth-order valence-electron chi connectivity index (χ4n) is 1.57. The van der Waals surface area contributed by atoms with Gasteiger partial charge in [0.05, 0.1) is 0 Å². The summed E-state index contributed by atoms with van der Waals surface area (Å²) in [5.41, 5.74) is 1.11. The minimum atomic E-state index is 0.726. The largest absolute Gasteiger partial charge is 0.242 e. The van der Waals surface area contributed by atoms with Gasteiger partial charge < -0.3 is 0 Å². The third kappa shape index (κ3) is 1.95. The van der Waals surface area contributed by atoms with E-state index in [1.807, 2.05) is 18.3 Å². The molecule has 2 aromatic heterocycles. The van der Waals surface area contributed by atoms with Gasteiger partial charge in [0.1, 0.15) is 4.83 Å². The lowest BCUT2D eigenvalue weighted by molar-refractivity contribution is 0.654. The van der Waals surface area contributed by atoms with Crippen LogP contribution in [0.4, 0.5) is 0 Å².